The molecule has 154 valence electrons. The summed E-state index contributed by atoms with van der Waals surface area (Å²) >= 11 is 0. The molecule has 0 radical (unpaired) electrons. The second kappa shape index (κ2) is 8.52. The highest BCUT2D eigenvalue weighted by molar-refractivity contribution is 6.74. The van der Waals surface area contributed by atoms with Crippen molar-refractivity contribution in [1.82, 2.24) is 0 Å². The summed E-state index contributed by atoms with van der Waals surface area (Å²) in [7, 11) is -1.75. The van der Waals surface area contributed by atoms with Gasteiger partial charge in [0.25, 0.3) is 0 Å². The third kappa shape index (κ3) is 4.95. The van der Waals surface area contributed by atoms with Gasteiger partial charge in [-0.25, -0.2) is 0 Å². The van der Waals surface area contributed by atoms with Crippen LogP contribution in [0.1, 0.15) is 59.3 Å². The van der Waals surface area contributed by atoms with Crippen molar-refractivity contribution in [2.75, 3.05) is 13.2 Å². The van der Waals surface area contributed by atoms with E-state index < -0.39 is 8.32 Å². The van der Waals surface area contributed by atoms with Gasteiger partial charge in [-0.3, -0.25) is 0 Å². The first-order chi connectivity index (χ1) is 12.7. The smallest absolute Gasteiger partial charge is 0.191 e. The number of hydrogen-bond donors (Lipinski definition) is 0. The van der Waals surface area contributed by atoms with Gasteiger partial charge in [0, 0.05) is 19.1 Å². The summed E-state index contributed by atoms with van der Waals surface area (Å²) in [6.07, 6.45) is 11.7. The molecule has 5 atom stereocenters. The van der Waals surface area contributed by atoms with Gasteiger partial charge in [-0.15, -0.1) is 0 Å². The average Bonchev–Trinajstić information content (AvgIpc) is 2.96. The monoisotopic (exact) mass is 392 g/mol. The molecule has 0 amide bonds. The molecular formula is C23H40O3Si. The van der Waals surface area contributed by atoms with Crippen LogP contribution in [0.25, 0.3) is 0 Å². The van der Waals surface area contributed by atoms with E-state index in [9.17, 15) is 0 Å². The minimum atomic E-state index is -1.75. The van der Waals surface area contributed by atoms with Crippen LogP contribution in [0.15, 0.2) is 24.3 Å². The van der Waals surface area contributed by atoms with Gasteiger partial charge in [0.15, 0.2) is 14.6 Å². The molecule has 1 aliphatic heterocycles. The topological polar surface area (TPSA) is 27.7 Å². The highest BCUT2D eigenvalue weighted by atomic mass is 28.4. The van der Waals surface area contributed by atoms with Gasteiger partial charge in [-0.2, -0.15) is 0 Å². The van der Waals surface area contributed by atoms with Crippen molar-refractivity contribution in [3.63, 3.8) is 0 Å². The molecule has 2 fully saturated rings. The van der Waals surface area contributed by atoms with Crippen LogP contribution in [0.4, 0.5) is 0 Å². The van der Waals surface area contributed by atoms with Crippen LogP contribution in [0.2, 0.25) is 18.1 Å². The molecule has 1 saturated carbocycles. The number of allylic oxidation sites excluding steroid dienone is 3. The van der Waals surface area contributed by atoms with E-state index in [1.165, 1.54) is 24.8 Å². The number of fused-ring (bicyclic) bond motifs is 1. The third-order valence-corrected chi connectivity index (χ3v) is 11.9. The van der Waals surface area contributed by atoms with Gasteiger partial charge in [0.2, 0.25) is 0 Å². The summed E-state index contributed by atoms with van der Waals surface area (Å²) < 4.78 is 19.1. The van der Waals surface area contributed by atoms with Gasteiger partial charge in [0.1, 0.15) is 0 Å². The Hall–Kier alpha value is -0.423. The van der Waals surface area contributed by atoms with Crippen LogP contribution in [0.3, 0.4) is 0 Å². The lowest BCUT2D eigenvalue weighted by atomic mass is 9.79. The fourth-order valence-electron chi connectivity index (χ4n) is 4.61. The molecule has 0 N–H and O–H groups in total. The normalized spacial score (nSPS) is 34.9. The van der Waals surface area contributed by atoms with Crippen LogP contribution in [0, 0.1) is 17.8 Å². The van der Waals surface area contributed by atoms with Crippen molar-refractivity contribution in [1.29, 1.82) is 0 Å². The van der Waals surface area contributed by atoms with E-state index in [-0.39, 0.29) is 17.4 Å². The molecular weight excluding hydrogens is 352 g/mol. The molecule has 0 aromatic rings. The maximum absolute atomic E-state index is 6.68. The van der Waals surface area contributed by atoms with Gasteiger partial charge < -0.3 is 13.9 Å². The fourth-order valence-corrected chi connectivity index (χ4v) is 5.66. The molecule has 3 rings (SSSR count). The highest BCUT2D eigenvalue weighted by Gasteiger charge is 2.47. The number of rotatable bonds is 6. The lowest BCUT2D eigenvalue weighted by molar-refractivity contribution is -0.197. The van der Waals surface area contributed by atoms with E-state index in [4.69, 9.17) is 13.9 Å². The summed E-state index contributed by atoms with van der Waals surface area (Å²) in [4.78, 5) is 0. The Kier molecular flexibility index (Phi) is 6.72. The molecule has 3 nitrogen and oxygen atoms in total. The molecule has 0 bridgehead atoms. The van der Waals surface area contributed by atoms with E-state index in [1.54, 1.807) is 0 Å². The fraction of sp³-hybridized carbons (Fsp3) is 0.826. The zero-order valence-corrected chi connectivity index (χ0v) is 19.1. The van der Waals surface area contributed by atoms with Crippen molar-refractivity contribution >= 4 is 8.32 Å². The summed E-state index contributed by atoms with van der Waals surface area (Å²) in [5.74, 6) is 1.76. The Balaban J connectivity index is 1.71. The lowest BCUT2D eigenvalue weighted by Crippen LogP contribution is -2.44. The molecule has 1 saturated heterocycles. The highest BCUT2D eigenvalue weighted by Crippen LogP contribution is 2.48. The second-order valence-corrected chi connectivity index (χ2v) is 15.1. The SMILES string of the molecule is C=CC1=C[C@@H]2CC(OC3CCCCO3)C(CO[Si](C)(C)C(C)(C)C)[C@@H]2CC1. The summed E-state index contributed by atoms with van der Waals surface area (Å²) in [6.45, 7) is 17.3. The molecule has 27 heavy (non-hydrogen) atoms. The van der Waals surface area contributed by atoms with Crippen LogP contribution in [0.5, 0.6) is 0 Å². The minimum absolute atomic E-state index is 0.0119. The molecule has 1 heterocycles. The number of hydrogen-bond acceptors (Lipinski definition) is 3. The van der Waals surface area contributed by atoms with Gasteiger partial charge in [-0.05, 0) is 68.5 Å². The quantitative estimate of drug-likeness (QED) is 0.513. The molecule has 3 unspecified atom stereocenters. The van der Waals surface area contributed by atoms with Crippen molar-refractivity contribution < 1.29 is 13.9 Å². The van der Waals surface area contributed by atoms with Gasteiger partial charge >= 0.3 is 0 Å². The standard InChI is InChI=1S/C23H40O3Si/c1-7-17-11-12-19-18(14-17)15-21(26-22-10-8-9-13-24-22)20(19)16-25-27(5,6)23(2,3)4/h7,14,18-22H,1,8-13,15-16H2,2-6H3/t18-,19-,20?,21?,22?/m1/s1. The zero-order valence-electron chi connectivity index (χ0n) is 18.1. The van der Waals surface area contributed by atoms with Crippen molar-refractivity contribution in [3.05, 3.63) is 24.3 Å². The van der Waals surface area contributed by atoms with Crippen LogP contribution in [-0.2, 0) is 13.9 Å². The zero-order chi connectivity index (χ0) is 19.7. The average molecular weight is 393 g/mol. The Morgan fingerprint density at radius 3 is 2.67 bits per heavy atom. The van der Waals surface area contributed by atoms with E-state index in [0.717, 1.165) is 32.5 Å². The maximum Gasteiger partial charge on any atom is 0.191 e. The molecule has 0 aromatic carbocycles. The largest absolute Gasteiger partial charge is 0.416 e. The Morgan fingerprint density at radius 2 is 2.04 bits per heavy atom. The molecule has 4 heteroatoms. The van der Waals surface area contributed by atoms with Crippen molar-refractivity contribution in [2.24, 2.45) is 17.8 Å². The third-order valence-electron chi connectivity index (χ3n) is 7.45. The predicted octanol–water partition coefficient (Wildman–Crippen LogP) is 6.08. The molecule has 0 spiro atoms. The van der Waals surface area contributed by atoms with E-state index >= 15 is 0 Å². The molecule has 2 aliphatic carbocycles. The summed E-state index contributed by atoms with van der Waals surface area (Å²) in [5.41, 5.74) is 1.41. The van der Waals surface area contributed by atoms with Gasteiger partial charge in [0.05, 0.1) is 6.10 Å². The number of ether oxygens (including phenoxy) is 2. The maximum atomic E-state index is 6.68. The lowest BCUT2D eigenvalue weighted by Gasteiger charge is -2.39. The summed E-state index contributed by atoms with van der Waals surface area (Å²) in [5, 5.41) is 0.246. The Labute approximate surface area is 167 Å². The molecule has 3 aliphatic rings. The van der Waals surface area contributed by atoms with Crippen molar-refractivity contribution in [2.45, 2.75) is 89.8 Å². The Morgan fingerprint density at radius 1 is 1.26 bits per heavy atom. The van der Waals surface area contributed by atoms with Crippen LogP contribution < -0.4 is 0 Å². The van der Waals surface area contributed by atoms with Crippen LogP contribution >= 0.6 is 0 Å². The minimum Gasteiger partial charge on any atom is -0.416 e. The molecule has 0 aromatic heterocycles. The van der Waals surface area contributed by atoms with E-state index in [0.29, 0.717) is 17.8 Å². The van der Waals surface area contributed by atoms with Crippen LogP contribution in [-0.4, -0.2) is 33.9 Å². The first-order valence-corrected chi connectivity index (χ1v) is 13.9. The Bertz CT molecular complexity index is 542. The van der Waals surface area contributed by atoms with E-state index in [1.807, 2.05) is 6.08 Å². The first-order valence-electron chi connectivity index (χ1n) is 11.0. The predicted molar refractivity (Wildman–Crippen MR) is 114 cm³/mol. The second-order valence-electron chi connectivity index (χ2n) is 10.3. The van der Waals surface area contributed by atoms with E-state index in [2.05, 4.69) is 46.5 Å². The van der Waals surface area contributed by atoms with Gasteiger partial charge in [-0.1, -0.05) is 45.1 Å². The first kappa shape index (κ1) is 21.3. The summed E-state index contributed by atoms with van der Waals surface area (Å²) in [6, 6.07) is 0. The van der Waals surface area contributed by atoms with Crippen molar-refractivity contribution in [3.8, 4) is 0 Å².